The van der Waals surface area contributed by atoms with Gasteiger partial charge in [-0.2, -0.15) is 0 Å². The first-order valence-electron chi connectivity index (χ1n) is 17.4. The van der Waals surface area contributed by atoms with Gasteiger partial charge in [0.05, 0.1) is 50.8 Å². The predicted octanol–water partition coefficient (Wildman–Crippen LogP) is 6.62. The van der Waals surface area contributed by atoms with E-state index in [1.54, 1.807) is 28.4 Å². The van der Waals surface area contributed by atoms with Crippen LogP contribution in [0, 0.1) is 0 Å². The molecule has 1 aliphatic heterocycles. The van der Waals surface area contributed by atoms with Crippen LogP contribution < -0.4 is 29.6 Å². The van der Waals surface area contributed by atoms with Gasteiger partial charge in [0.25, 0.3) is 0 Å². The first-order valence-corrected chi connectivity index (χ1v) is 17.4. The number of pyridine rings is 2. The zero-order valence-electron chi connectivity index (χ0n) is 29.4. The number of methoxy groups -OCH3 is 4. The molecule has 2 N–H and O–H groups in total. The lowest BCUT2D eigenvalue weighted by molar-refractivity contribution is 0.131. The molecule has 0 atom stereocenters. The van der Waals surface area contributed by atoms with Crippen LogP contribution in [-0.2, 0) is 0 Å². The molecule has 50 heavy (non-hydrogen) atoms. The Labute approximate surface area is 293 Å². The lowest BCUT2D eigenvalue weighted by Crippen LogP contribution is -2.47. The molecule has 0 unspecified atom stereocenters. The molecule has 4 aromatic carbocycles. The summed E-state index contributed by atoms with van der Waals surface area (Å²) >= 11 is 0. The molecular weight excluding hydrogens is 628 g/mol. The summed E-state index contributed by atoms with van der Waals surface area (Å²) in [7, 11) is 6.73. The van der Waals surface area contributed by atoms with E-state index < -0.39 is 0 Å². The minimum atomic E-state index is 0.659. The average Bonchev–Trinajstić information content (AvgIpc) is 3.17. The summed E-state index contributed by atoms with van der Waals surface area (Å²) in [5.74, 6) is 2.72. The Hall–Kier alpha value is -4.90. The highest BCUT2D eigenvalue weighted by molar-refractivity contribution is 6.17. The summed E-state index contributed by atoms with van der Waals surface area (Å²) in [6.07, 6.45) is 1.98. The van der Waals surface area contributed by atoms with E-state index in [0.29, 0.717) is 23.0 Å². The second-order valence-corrected chi connectivity index (χ2v) is 12.7. The predicted molar refractivity (Wildman–Crippen MR) is 203 cm³/mol. The molecule has 2 aromatic heterocycles. The highest BCUT2D eigenvalue weighted by atomic mass is 16.5. The Balaban J connectivity index is 1.46. The molecule has 0 aliphatic carbocycles. The fourth-order valence-electron chi connectivity index (χ4n) is 7.30. The van der Waals surface area contributed by atoms with Crippen LogP contribution in [0.25, 0.3) is 43.6 Å². The van der Waals surface area contributed by atoms with Crippen LogP contribution in [0.15, 0.2) is 72.8 Å². The fourth-order valence-corrected chi connectivity index (χ4v) is 7.30. The van der Waals surface area contributed by atoms with E-state index in [-0.39, 0.29) is 0 Å². The van der Waals surface area contributed by atoms with Crippen LogP contribution in [0.1, 0.15) is 12.8 Å². The number of fused-ring (bicyclic) bond motifs is 4. The lowest BCUT2D eigenvalue weighted by atomic mass is 10.0. The van der Waals surface area contributed by atoms with Gasteiger partial charge in [-0.15, -0.1) is 0 Å². The van der Waals surface area contributed by atoms with Gasteiger partial charge in [0.1, 0.15) is 34.0 Å². The normalized spacial score (nSPS) is 14.1. The number of para-hydroxylation sites is 2. The van der Waals surface area contributed by atoms with E-state index in [0.717, 1.165) is 120 Å². The van der Waals surface area contributed by atoms with Crippen molar-refractivity contribution in [1.29, 1.82) is 0 Å². The molecule has 7 rings (SSSR count). The van der Waals surface area contributed by atoms with Crippen molar-refractivity contribution < 1.29 is 18.9 Å². The summed E-state index contributed by atoms with van der Waals surface area (Å²) in [6.45, 7) is 7.77. The molecule has 1 fully saturated rings. The molecular formula is C40H46N6O4. The van der Waals surface area contributed by atoms with Gasteiger partial charge in [-0.1, -0.05) is 36.4 Å². The maximum Gasteiger partial charge on any atom is 0.148 e. The number of rotatable bonds is 13. The standard InChI is InChI=1S/C40H46N6O4/c1-47-27-23-31-37(35(25-27)49-3)42-33-13-7-5-11-29(33)39(31)46(18-10-17-45-21-19-44(20-22-45)16-9-15-41)40-30-12-6-8-14-34(30)43-38-32(40)24-28(48-2)26-36(38)50-4/h5-8,11-14,23-26H,9-10,15-22,41H2,1-4H3. The van der Waals surface area contributed by atoms with E-state index in [1.165, 1.54) is 0 Å². The third kappa shape index (κ3) is 6.42. The molecule has 0 bridgehead atoms. The van der Waals surface area contributed by atoms with Gasteiger partial charge < -0.3 is 39.4 Å². The number of nitrogens with zero attached hydrogens (tertiary/aromatic N) is 5. The Morgan fingerprint density at radius 3 is 1.50 bits per heavy atom. The van der Waals surface area contributed by atoms with Gasteiger partial charge in [0.2, 0.25) is 0 Å². The Morgan fingerprint density at radius 1 is 0.600 bits per heavy atom. The van der Waals surface area contributed by atoms with Gasteiger partial charge in [0, 0.05) is 66.4 Å². The molecule has 10 heteroatoms. The number of ether oxygens (including phenoxy) is 4. The van der Waals surface area contributed by atoms with Gasteiger partial charge in [-0.25, -0.2) is 9.97 Å². The van der Waals surface area contributed by atoms with E-state index in [2.05, 4.69) is 63.2 Å². The largest absolute Gasteiger partial charge is 0.497 e. The van der Waals surface area contributed by atoms with Crippen molar-refractivity contribution in [2.24, 2.45) is 5.73 Å². The van der Waals surface area contributed by atoms with Gasteiger partial charge in [-0.3, -0.25) is 0 Å². The zero-order chi connectivity index (χ0) is 34.6. The number of benzene rings is 4. The molecule has 0 amide bonds. The first-order chi connectivity index (χ1) is 24.6. The summed E-state index contributed by atoms with van der Waals surface area (Å²) < 4.78 is 23.5. The van der Waals surface area contributed by atoms with Gasteiger partial charge in [0.15, 0.2) is 0 Å². The average molecular weight is 675 g/mol. The number of aromatic nitrogens is 2. The maximum absolute atomic E-state index is 5.93. The van der Waals surface area contributed by atoms with Crippen molar-refractivity contribution in [3.63, 3.8) is 0 Å². The lowest BCUT2D eigenvalue weighted by Gasteiger charge is -2.35. The van der Waals surface area contributed by atoms with Crippen LogP contribution in [-0.4, -0.2) is 101 Å². The quantitative estimate of drug-likeness (QED) is 0.135. The van der Waals surface area contributed by atoms with Crippen LogP contribution in [0.4, 0.5) is 11.4 Å². The zero-order valence-corrected chi connectivity index (χ0v) is 29.4. The molecule has 1 saturated heterocycles. The monoisotopic (exact) mass is 674 g/mol. The molecule has 3 heterocycles. The Morgan fingerprint density at radius 2 is 1.06 bits per heavy atom. The minimum Gasteiger partial charge on any atom is -0.497 e. The van der Waals surface area contributed by atoms with E-state index in [4.69, 9.17) is 34.6 Å². The Bertz CT molecular complexity index is 2000. The molecule has 260 valence electrons. The van der Waals surface area contributed by atoms with E-state index >= 15 is 0 Å². The second kappa shape index (κ2) is 14.9. The smallest absolute Gasteiger partial charge is 0.148 e. The molecule has 1 aliphatic rings. The van der Waals surface area contributed by atoms with Crippen molar-refractivity contribution in [3.8, 4) is 23.0 Å². The third-order valence-electron chi connectivity index (χ3n) is 9.84. The number of hydrogen-bond acceptors (Lipinski definition) is 10. The summed E-state index contributed by atoms with van der Waals surface area (Å²) in [5.41, 5.74) is 11.2. The number of nitrogens with two attached hydrogens (primary N) is 1. The van der Waals surface area contributed by atoms with Crippen molar-refractivity contribution in [2.75, 3.05) is 85.7 Å². The van der Waals surface area contributed by atoms with Crippen LogP contribution in [0.2, 0.25) is 0 Å². The molecule has 6 aromatic rings. The molecule has 10 nitrogen and oxygen atoms in total. The van der Waals surface area contributed by atoms with Gasteiger partial charge >= 0.3 is 0 Å². The molecule has 0 saturated carbocycles. The summed E-state index contributed by atoms with van der Waals surface area (Å²) in [4.78, 5) is 17.9. The van der Waals surface area contributed by atoms with Crippen LogP contribution in [0.3, 0.4) is 0 Å². The fraction of sp³-hybridized carbons (Fsp3) is 0.350. The Kier molecular flexibility index (Phi) is 10.0. The van der Waals surface area contributed by atoms with Crippen molar-refractivity contribution in [1.82, 2.24) is 19.8 Å². The van der Waals surface area contributed by atoms with Crippen molar-refractivity contribution in [3.05, 3.63) is 72.8 Å². The summed E-state index contributed by atoms with van der Waals surface area (Å²) in [6, 6.07) is 24.6. The summed E-state index contributed by atoms with van der Waals surface area (Å²) in [5, 5.41) is 3.95. The highest BCUT2D eigenvalue weighted by Gasteiger charge is 2.26. The number of hydrogen-bond donors (Lipinski definition) is 1. The van der Waals surface area contributed by atoms with E-state index in [1.807, 2.05) is 24.3 Å². The van der Waals surface area contributed by atoms with Gasteiger partial charge in [-0.05, 0) is 56.7 Å². The number of piperazine rings is 1. The topological polar surface area (TPSA) is 98.4 Å². The van der Waals surface area contributed by atoms with Crippen molar-refractivity contribution in [2.45, 2.75) is 12.8 Å². The highest BCUT2D eigenvalue weighted by Crippen LogP contribution is 2.47. The first kappa shape index (κ1) is 33.6. The maximum atomic E-state index is 5.93. The molecule has 0 radical (unpaired) electrons. The third-order valence-corrected chi connectivity index (χ3v) is 9.84. The number of anilines is 2. The molecule has 0 spiro atoms. The minimum absolute atomic E-state index is 0.659. The van der Waals surface area contributed by atoms with Crippen molar-refractivity contribution >= 4 is 55.0 Å². The van der Waals surface area contributed by atoms with E-state index in [9.17, 15) is 0 Å². The van der Waals surface area contributed by atoms with Crippen LogP contribution >= 0.6 is 0 Å². The SMILES string of the molecule is COc1cc(OC)c2nc3ccccc3c(N(CCCN3CCN(CCCN)CC3)c3c4ccccc4nc4c(OC)cc(OC)cc34)c2c1. The second-order valence-electron chi connectivity index (χ2n) is 12.7. The van der Waals surface area contributed by atoms with Crippen LogP contribution in [0.5, 0.6) is 23.0 Å².